The minimum Gasteiger partial charge on any atom is -0.468 e. The topological polar surface area (TPSA) is 64.6 Å². The third-order valence-electron chi connectivity index (χ3n) is 2.55. The molecule has 0 aromatic carbocycles. The Balaban J connectivity index is 2.72. The van der Waals surface area contributed by atoms with Gasteiger partial charge in [0.2, 0.25) is 0 Å². The first-order chi connectivity index (χ1) is 7.42. The summed E-state index contributed by atoms with van der Waals surface area (Å²) in [5.74, 6) is -0.574. The number of methoxy groups -OCH3 is 2. The largest absolute Gasteiger partial charge is 0.468 e. The van der Waals surface area contributed by atoms with Crippen LogP contribution in [0.4, 0.5) is 0 Å². The maximum absolute atomic E-state index is 11.5. The van der Waals surface area contributed by atoms with Crippen LogP contribution in [0.15, 0.2) is 0 Å². The van der Waals surface area contributed by atoms with E-state index < -0.39 is 10.8 Å². The van der Waals surface area contributed by atoms with Crippen LogP contribution in [0.5, 0.6) is 0 Å². The Bertz CT molecular complexity index is 293. The van der Waals surface area contributed by atoms with E-state index in [4.69, 9.17) is 4.74 Å². The molecule has 0 bridgehead atoms. The first kappa shape index (κ1) is 13.3. The fourth-order valence-corrected chi connectivity index (χ4v) is 3.12. The lowest BCUT2D eigenvalue weighted by Gasteiger charge is -2.39. The molecule has 0 aliphatic carbocycles. The van der Waals surface area contributed by atoms with Crippen molar-refractivity contribution in [2.45, 2.75) is 29.9 Å². The van der Waals surface area contributed by atoms with Crippen LogP contribution >= 0.6 is 11.8 Å². The van der Waals surface area contributed by atoms with Crippen molar-refractivity contribution in [3.05, 3.63) is 0 Å². The highest BCUT2D eigenvalue weighted by molar-refractivity contribution is 8.02. The highest BCUT2D eigenvalue weighted by Crippen LogP contribution is 2.36. The lowest BCUT2D eigenvalue weighted by Crippen LogP contribution is -2.58. The molecule has 1 saturated heterocycles. The molecular weight excluding hydrogens is 230 g/mol. The van der Waals surface area contributed by atoms with Crippen molar-refractivity contribution in [1.82, 2.24) is 5.32 Å². The molecule has 1 N–H and O–H groups in total. The summed E-state index contributed by atoms with van der Waals surface area (Å²) < 4.78 is 9.01. The molecule has 6 heteroatoms. The van der Waals surface area contributed by atoms with E-state index in [0.717, 1.165) is 0 Å². The van der Waals surface area contributed by atoms with Gasteiger partial charge in [0.1, 0.15) is 11.3 Å². The van der Waals surface area contributed by atoms with Crippen molar-refractivity contribution in [2.75, 3.05) is 20.8 Å². The van der Waals surface area contributed by atoms with E-state index in [0.29, 0.717) is 6.54 Å². The Labute approximate surface area is 99.2 Å². The Morgan fingerprint density at radius 2 is 1.81 bits per heavy atom. The van der Waals surface area contributed by atoms with E-state index in [9.17, 15) is 9.59 Å². The van der Waals surface area contributed by atoms with Gasteiger partial charge in [-0.05, 0) is 13.8 Å². The number of ether oxygens (including phenoxy) is 2. The third kappa shape index (κ3) is 2.68. The Morgan fingerprint density at radius 1 is 1.25 bits per heavy atom. The molecule has 0 unspecified atom stereocenters. The molecule has 5 nitrogen and oxygen atoms in total. The molecule has 1 aliphatic rings. The maximum Gasteiger partial charge on any atom is 0.324 e. The average Bonchev–Trinajstić information content (AvgIpc) is 2.25. The lowest BCUT2D eigenvalue weighted by molar-refractivity contribution is -0.145. The highest BCUT2D eigenvalue weighted by atomic mass is 32.2. The van der Waals surface area contributed by atoms with Gasteiger partial charge in [0.05, 0.1) is 14.2 Å². The zero-order valence-corrected chi connectivity index (χ0v) is 10.7. The quantitative estimate of drug-likeness (QED) is 0.703. The molecule has 1 heterocycles. The van der Waals surface area contributed by atoms with Crippen LogP contribution < -0.4 is 5.32 Å². The SMILES string of the molecule is COC(=O)[C@@H]1CN[C@H](C(=O)OC)C(C)(C)S1. The minimum atomic E-state index is -0.400. The molecule has 1 rings (SSSR count). The summed E-state index contributed by atoms with van der Waals surface area (Å²) in [7, 11) is 2.72. The number of thioether (sulfide) groups is 1. The van der Waals surface area contributed by atoms with Crippen molar-refractivity contribution in [3.63, 3.8) is 0 Å². The van der Waals surface area contributed by atoms with Gasteiger partial charge in [-0.3, -0.25) is 9.59 Å². The van der Waals surface area contributed by atoms with Gasteiger partial charge >= 0.3 is 11.9 Å². The Kier molecular flexibility index (Phi) is 4.21. The van der Waals surface area contributed by atoms with Crippen LogP contribution in [-0.2, 0) is 19.1 Å². The second-order valence-electron chi connectivity index (χ2n) is 4.10. The zero-order valence-electron chi connectivity index (χ0n) is 9.90. The normalized spacial score (nSPS) is 28.2. The summed E-state index contributed by atoms with van der Waals surface area (Å²) in [4.78, 5) is 22.9. The monoisotopic (exact) mass is 247 g/mol. The van der Waals surface area contributed by atoms with Gasteiger partial charge in [0, 0.05) is 11.3 Å². The van der Waals surface area contributed by atoms with Crippen LogP contribution in [0.1, 0.15) is 13.8 Å². The van der Waals surface area contributed by atoms with Crippen LogP contribution in [0.25, 0.3) is 0 Å². The molecule has 2 atom stereocenters. The third-order valence-corrected chi connectivity index (χ3v) is 4.04. The highest BCUT2D eigenvalue weighted by Gasteiger charge is 2.44. The van der Waals surface area contributed by atoms with Crippen LogP contribution in [-0.4, -0.2) is 48.7 Å². The Morgan fingerprint density at radius 3 is 2.25 bits per heavy atom. The van der Waals surface area contributed by atoms with Crippen molar-refractivity contribution in [2.24, 2.45) is 0 Å². The summed E-state index contributed by atoms with van der Waals surface area (Å²) in [6.07, 6.45) is 0. The van der Waals surface area contributed by atoms with Gasteiger partial charge in [0.15, 0.2) is 0 Å². The molecule has 0 spiro atoms. The standard InChI is InChI=1S/C10H17NO4S/c1-10(2)7(9(13)15-4)11-5-6(16-10)8(12)14-3/h6-7,11H,5H2,1-4H3/t6-,7+/m0/s1. The van der Waals surface area contributed by atoms with Crippen LogP contribution in [0.3, 0.4) is 0 Å². The fourth-order valence-electron chi connectivity index (χ4n) is 1.69. The van der Waals surface area contributed by atoms with E-state index in [-0.39, 0.29) is 17.2 Å². The fraction of sp³-hybridized carbons (Fsp3) is 0.800. The lowest BCUT2D eigenvalue weighted by atomic mass is 10.0. The van der Waals surface area contributed by atoms with Gasteiger partial charge in [-0.1, -0.05) is 0 Å². The first-order valence-electron chi connectivity index (χ1n) is 4.99. The number of esters is 2. The number of hydrogen-bond acceptors (Lipinski definition) is 6. The van der Waals surface area contributed by atoms with E-state index in [1.54, 1.807) is 0 Å². The number of rotatable bonds is 2. The van der Waals surface area contributed by atoms with E-state index in [1.807, 2.05) is 13.8 Å². The molecule has 1 fully saturated rings. The molecular formula is C10H17NO4S. The van der Waals surface area contributed by atoms with E-state index in [1.165, 1.54) is 26.0 Å². The molecule has 16 heavy (non-hydrogen) atoms. The molecule has 0 aromatic heterocycles. The summed E-state index contributed by atoms with van der Waals surface area (Å²) in [6, 6.07) is -0.400. The Hall–Kier alpha value is -0.750. The van der Waals surface area contributed by atoms with Crippen molar-refractivity contribution < 1.29 is 19.1 Å². The van der Waals surface area contributed by atoms with Gasteiger partial charge in [-0.2, -0.15) is 0 Å². The summed E-state index contributed by atoms with van der Waals surface area (Å²) in [5, 5.41) is 2.75. The van der Waals surface area contributed by atoms with Gasteiger partial charge in [-0.25, -0.2) is 0 Å². The molecule has 0 radical (unpaired) electrons. The van der Waals surface area contributed by atoms with E-state index >= 15 is 0 Å². The minimum absolute atomic E-state index is 0.270. The van der Waals surface area contributed by atoms with Crippen molar-refractivity contribution in [1.29, 1.82) is 0 Å². The molecule has 92 valence electrons. The van der Waals surface area contributed by atoms with Gasteiger partial charge in [0.25, 0.3) is 0 Å². The molecule has 0 saturated carbocycles. The molecule has 0 aromatic rings. The number of carbonyl (C=O) groups is 2. The van der Waals surface area contributed by atoms with Crippen LogP contribution in [0, 0.1) is 0 Å². The predicted molar refractivity (Wildman–Crippen MR) is 61.3 cm³/mol. The number of carbonyl (C=O) groups excluding carboxylic acids is 2. The maximum atomic E-state index is 11.5. The summed E-state index contributed by atoms with van der Waals surface area (Å²) in [6.45, 7) is 4.23. The predicted octanol–water partition coefficient (Wildman–Crippen LogP) is 0.185. The number of nitrogens with one attached hydrogen (secondary N) is 1. The van der Waals surface area contributed by atoms with Crippen molar-refractivity contribution >= 4 is 23.7 Å². The van der Waals surface area contributed by atoms with Crippen LogP contribution in [0.2, 0.25) is 0 Å². The van der Waals surface area contributed by atoms with Crippen molar-refractivity contribution in [3.8, 4) is 0 Å². The van der Waals surface area contributed by atoms with Gasteiger partial charge < -0.3 is 14.8 Å². The summed E-state index contributed by atoms with van der Waals surface area (Å²) in [5.41, 5.74) is 0. The van der Waals surface area contributed by atoms with E-state index in [2.05, 4.69) is 10.1 Å². The second-order valence-corrected chi connectivity index (χ2v) is 5.95. The second kappa shape index (κ2) is 5.05. The molecule has 1 aliphatic heterocycles. The zero-order chi connectivity index (χ0) is 12.3. The molecule has 0 amide bonds. The average molecular weight is 247 g/mol. The summed E-state index contributed by atoms with van der Waals surface area (Å²) >= 11 is 1.44. The smallest absolute Gasteiger partial charge is 0.324 e. The first-order valence-corrected chi connectivity index (χ1v) is 5.87. The number of hydrogen-bond donors (Lipinski definition) is 1. The van der Waals surface area contributed by atoms with Gasteiger partial charge in [-0.15, -0.1) is 11.8 Å².